The Kier molecular flexibility index (Phi) is 5.58. The van der Waals surface area contributed by atoms with Gasteiger partial charge in [0.1, 0.15) is 10.9 Å². The first kappa shape index (κ1) is 15.3. The Morgan fingerprint density at radius 2 is 2.05 bits per heavy atom. The van der Waals surface area contributed by atoms with Crippen LogP contribution in [0.1, 0.15) is 22.5 Å². The molecule has 0 aliphatic carbocycles. The topological polar surface area (TPSA) is 51.2 Å². The fourth-order valence-electron chi connectivity index (χ4n) is 1.84. The molecule has 0 atom stereocenters. The van der Waals surface area contributed by atoms with E-state index in [0.29, 0.717) is 23.9 Å². The maximum Gasteiger partial charge on any atom is 0.251 e. The SMILES string of the molecule is Cc1cc(C(=O)NCCCOc2ccccc2)cc(Cl)n1. The lowest BCUT2D eigenvalue weighted by atomic mass is 10.2. The molecule has 0 fully saturated rings. The van der Waals surface area contributed by atoms with Crippen molar-refractivity contribution in [2.75, 3.05) is 13.2 Å². The predicted octanol–water partition coefficient (Wildman–Crippen LogP) is 3.24. The number of halogens is 1. The first-order valence-electron chi connectivity index (χ1n) is 6.75. The molecule has 1 N–H and O–H groups in total. The zero-order valence-corrected chi connectivity index (χ0v) is 12.6. The van der Waals surface area contributed by atoms with Crippen molar-refractivity contribution < 1.29 is 9.53 Å². The minimum Gasteiger partial charge on any atom is -0.494 e. The van der Waals surface area contributed by atoms with Crippen LogP contribution in [0.15, 0.2) is 42.5 Å². The van der Waals surface area contributed by atoms with E-state index >= 15 is 0 Å². The molecule has 21 heavy (non-hydrogen) atoms. The maximum absolute atomic E-state index is 11.9. The Bertz CT molecular complexity index is 582. The van der Waals surface area contributed by atoms with E-state index in [2.05, 4.69) is 10.3 Å². The zero-order valence-electron chi connectivity index (χ0n) is 11.8. The van der Waals surface area contributed by atoms with Gasteiger partial charge in [-0.3, -0.25) is 4.79 Å². The summed E-state index contributed by atoms with van der Waals surface area (Å²) in [6, 6.07) is 12.9. The first-order valence-corrected chi connectivity index (χ1v) is 7.13. The number of ether oxygens (including phenoxy) is 1. The molecule has 5 heteroatoms. The molecule has 2 aromatic rings. The molecule has 4 nitrogen and oxygen atoms in total. The normalized spacial score (nSPS) is 10.2. The van der Waals surface area contributed by atoms with Gasteiger partial charge in [-0.25, -0.2) is 4.98 Å². The number of rotatable bonds is 6. The fraction of sp³-hybridized carbons (Fsp3) is 0.250. The third kappa shape index (κ3) is 5.08. The van der Waals surface area contributed by atoms with E-state index in [1.807, 2.05) is 30.3 Å². The van der Waals surface area contributed by atoms with Gasteiger partial charge >= 0.3 is 0 Å². The molecule has 110 valence electrons. The van der Waals surface area contributed by atoms with Crippen LogP contribution in [0.3, 0.4) is 0 Å². The predicted molar refractivity (Wildman–Crippen MR) is 82.9 cm³/mol. The third-order valence-electron chi connectivity index (χ3n) is 2.80. The van der Waals surface area contributed by atoms with Crippen molar-refractivity contribution in [3.05, 3.63) is 58.9 Å². The van der Waals surface area contributed by atoms with Gasteiger partial charge in [0, 0.05) is 17.8 Å². The van der Waals surface area contributed by atoms with Gasteiger partial charge in [0.25, 0.3) is 5.91 Å². The fourth-order valence-corrected chi connectivity index (χ4v) is 2.09. The number of aromatic nitrogens is 1. The average molecular weight is 305 g/mol. The number of para-hydroxylation sites is 1. The van der Waals surface area contributed by atoms with Crippen LogP contribution < -0.4 is 10.1 Å². The molecule has 2 rings (SSSR count). The Hall–Kier alpha value is -2.07. The number of hydrogen-bond donors (Lipinski definition) is 1. The van der Waals surface area contributed by atoms with Crippen LogP contribution in [0, 0.1) is 6.92 Å². The highest BCUT2D eigenvalue weighted by Gasteiger charge is 2.07. The average Bonchev–Trinajstić information content (AvgIpc) is 2.47. The van der Waals surface area contributed by atoms with Crippen LogP contribution in [0.5, 0.6) is 5.75 Å². The van der Waals surface area contributed by atoms with Crippen LogP contribution in [0.4, 0.5) is 0 Å². The molecule has 0 aliphatic heterocycles. The van der Waals surface area contributed by atoms with E-state index < -0.39 is 0 Å². The second kappa shape index (κ2) is 7.64. The van der Waals surface area contributed by atoms with Gasteiger partial charge in [0.15, 0.2) is 0 Å². The molecular weight excluding hydrogens is 288 g/mol. The summed E-state index contributed by atoms with van der Waals surface area (Å²) in [6.07, 6.45) is 0.735. The van der Waals surface area contributed by atoms with E-state index in [1.54, 1.807) is 19.1 Å². The second-order valence-electron chi connectivity index (χ2n) is 4.59. The number of hydrogen-bond acceptors (Lipinski definition) is 3. The summed E-state index contributed by atoms with van der Waals surface area (Å²) in [4.78, 5) is 16.0. The molecule has 0 aliphatic rings. The summed E-state index contributed by atoms with van der Waals surface area (Å²) in [5, 5.41) is 3.16. The smallest absolute Gasteiger partial charge is 0.251 e. The van der Waals surface area contributed by atoms with E-state index in [0.717, 1.165) is 17.9 Å². The van der Waals surface area contributed by atoms with Crippen molar-refractivity contribution in [3.8, 4) is 5.75 Å². The minimum atomic E-state index is -0.151. The Morgan fingerprint density at radius 1 is 1.29 bits per heavy atom. The summed E-state index contributed by atoms with van der Waals surface area (Å²) in [5.74, 6) is 0.683. The van der Waals surface area contributed by atoms with Gasteiger partial charge in [0.05, 0.1) is 6.61 Å². The molecule has 0 bridgehead atoms. The summed E-state index contributed by atoms with van der Waals surface area (Å²) >= 11 is 5.83. The van der Waals surface area contributed by atoms with Gasteiger partial charge in [-0.2, -0.15) is 0 Å². The lowest BCUT2D eigenvalue weighted by Crippen LogP contribution is -2.25. The molecule has 1 aromatic heterocycles. The monoisotopic (exact) mass is 304 g/mol. The zero-order chi connectivity index (χ0) is 15.1. The quantitative estimate of drug-likeness (QED) is 0.658. The molecule has 1 amide bonds. The molecule has 0 radical (unpaired) electrons. The molecule has 0 saturated heterocycles. The summed E-state index contributed by atoms with van der Waals surface area (Å²) in [6.45, 7) is 2.90. The standard InChI is InChI=1S/C16H17ClN2O2/c1-12-10-13(11-15(17)19-12)16(20)18-8-5-9-21-14-6-3-2-4-7-14/h2-4,6-7,10-11H,5,8-9H2,1H3,(H,18,20). The molecule has 1 aromatic carbocycles. The lowest BCUT2D eigenvalue weighted by Gasteiger charge is -2.08. The van der Waals surface area contributed by atoms with Gasteiger partial charge < -0.3 is 10.1 Å². The van der Waals surface area contributed by atoms with Gasteiger partial charge in [0.2, 0.25) is 0 Å². The first-order chi connectivity index (χ1) is 10.1. The van der Waals surface area contributed by atoms with Crippen molar-refractivity contribution in [1.82, 2.24) is 10.3 Å². The van der Waals surface area contributed by atoms with Gasteiger partial charge in [-0.1, -0.05) is 29.8 Å². The van der Waals surface area contributed by atoms with Crippen LogP contribution in [0.2, 0.25) is 5.15 Å². The Balaban J connectivity index is 1.72. The highest BCUT2D eigenvalue weighted by atomic mass is 35.5. The number of benzene rings is 1. The number of aryl methyl sites for hydroxylation is 1. The lowest BCUT2D eigenvalue weighted by molar-refractivity contribution is 0.0951. The van der Waals surface area contributed by atoms with Crippen LogP contribution in [-0.2, 0) is 0 Å². The number of pyridine rings is 1. The summed E-state index contributed by atoms with van der Waals surface area (Å²) in [7, 11) is 0. The summed E-state index contributed by atoms with van der Waals surface area (Å²) in [5.41, 5.74) is 1.25. The highest BCUT2D eigenvalue weighted by Crippen LogP contribution is 2.10. The number of carbonyl (C=O) groups excluding carboxylic acids is 1. The molecule has 1 heterocycles. The van der Waals surface area contributed by atoms with E-state index in [9.17, 15) is 4.79 Å². The van der Waals surface area contributed by atoms with Crippen molar-refractivity contribution in [3.63, 3.8) is 0 Å². The van der Waals surface area contributed by atoms with E-state index in [4.69, 9.17) is 16.3 Å². The van der Waals surface area contributed by atoms with Gasteiger partial charge in [-0.05, 0) is 37.6 Å². The largest absolute Gasteiger partial charge is 0.494 e. The molecule has 0 unspecified atom stereocenters. The van der Waals surface area contributed by atoms with Crippen LogP contribution in [-0.4, -0.2) is 24.0 Å². The molecular formula is C16H17ClN2O2. The molecule has 0 saturated carbocycles. The van der Waals surface area contributed by atoms with Crippen LogP contribution in [0.25, 0.3) is 0 Å². The van der Waals surface area contributed by atoms with Crippen molar-refractivity contribution in [1.29, 1.82) is 0 Å². The van der Waals surface area contributed by atoms with Gasteiger partial charge in [-0.15, -0.1) is 0 Å². The minimum absolute atomic E-state index is 0.151. The highest BCUT2D eigenvalue weighted by molar-refractivity contribution is 6.29. The number of nitrogens with one attached hydrogen (secondary N) is 1. The van der Waals surface area contributed by atoms with E-state index in [1.165, 1.54) is 0 Å². The van der Waals surface area contributed by atoms with Crippen LogP contribution >= 0.6 is 11.6 Å². The Labute approximate surface area is 129 Å². The number of amides is 1. The Morgan fingerprint density at radius 3 is 2.76 bits per heavy atom. The third-order valence-corrected chi connectivity index (χ3v) is 3.00. The maximum atomic E-state index is 11.9. The number of carbonyl (C=O) groups is 1. The molecule has 0 spiro atoms. The van der Waals surface area contributed by atoms with E-state index in [-0.39, 0.29) is 5.91 Å². The summed E-state index contributed by atoms with van der Waals surface area (Å²) < 4.78 is 5.55. The van der Waals surface area contributed by atoms with Crippen molar-refractivity contribution in [2.24, 2.45) is 0 Å². The number of nitrogens with zero attached hydrogens (tertiary/aromatic N) is 1. The van der Waals surface area contributed by atoms with Crippen molar-refractivity contribution in [2.45, 2.75) is 13.3 Å². The second-order valence-corrected chi connectivity index (χ2v) is 4.98. The van der Waals surface area contributed by atoms with Crippen molar-refractivity contribution >= 4 is 17.5 Å².